The first kappa shape index (κ1) is 8.80. The average Bonchev–Trinajstić information content (AvgIpc) is 1.96. The van der Waals surface area contributed by atoms with Gasteiger partial charge in [0.05, 0.1) is 0 Å². The molecule has 0 radical (unpaired) electrons. The monoisotopic (exact) mass is 189 g/mol. The number of hydrogen-bond acceptors (Lipinski definition) is 2. The van der Waals surface area contributed by atoms with Gasteiger partial charge in [0.2, 0.25) is 0 Å². The zero-order chi connectivity index (χ0) is 9.14. The fourth-order valence-electron chi connectivity index (χ4n) is 0.664. The van der Waals surface area contributed by atoms with Gasteiger partial charge in [0.25, 0.3) is 0 Å². The highest BCUT2D eigenvalue weighted by atomic mass is 35.5. The van der Waals surface area contributed by atoms with Crippen LogP contribution < -0.4 is 10.5 Å². The van der Waals surface area contributed by atoms with E-state index in [0.717, 1.165) is 6.07 Å². The summed E-state index contributed by atoms with van der Waals surface area (Å²) >= 11 is 5.50. The van der Waals surface area contributed by atoms with Crippen molar-refractivity contribution >= 4 is 17.7 Å². The van der Waals surface area contributed by atoms with Crippen LogP contribution in [0, 0.1) is 5.82 Å². The van der Waals surface area contributed by atoms with E-state index < -0.39 is 11.9 Å². The van der Waals surface area contributed by atoms with E-state index in [1.165, 1.54) is 12.1 Å². The summed E-state index contributed by atoms with van der Waals surface area (Å²) in [5, 5.41) is 0.271. The quantitative estimate of drug-likeness (QED) is 0.734. The Morgan fingerprint density at radius 2 is 2.25 bits per heavy atom. The van der Waals surface area contributed by atoms with Crippen molar-refractivity contribution in [2.24, 2.45) is 5.73 Å². The van der Waals surface area contributed by atoms with E-state index in [0.29, 0.717) is 0 Å². The van der Waals surface area contributed by atoms with Crippen molar-refractivity contribution in [3.8, 4) is 5.75 Å². The summed E-state index contributed by atoms with van der Waals surface area (Å²) < 4.78 is 17.0. The number of benzene rings is 1. The van der Waals surface area contributed by atoms with Gasteiger partial charge in [0.1, 0.15) is 0 Å². The van der Waals surface area contributed by atoms with Crippen LogP contribution in [0.25, 0.3) is 0 Å². The van der Waals surface area contributed by atoms with Crippen LogP contribution in [0.4, 0.5) is 9.18 Å². The lowest BCUT2D eigenvalue weighted by Gasteiger charge is -2.01. The summed E-state index contributed by atoms with van der Waals surface area (Å²) in [5.74, 6) is -0.951. The molecule has 0 heterocycles. The Labute approximate surface area is 72.9 Å². The van der Waals surface area contributed by atoms with Gasteiger partial charge in [0.15, 0.2) is 11.6 Å². The highest BCUT2D eigenvalue weighted by Gasteiger charge is 2.06. The van der Waals surface area contributed by atoms with Gasteiger partial charge in [-0.2, -0.15) is 0 Å². The second kappa shape index (κ2) is 3.40. The average molecular weight is 190 g/mol. The van der Waals surface area contributed by atoms with E-state index in [9.17, 15) is 9.18 Å². The van der Waals surface area contributed by atoms with Gasteiger partial charge in [-0.1, -0.05) is 11.6 Å². The molecule has 1 rings (SSSR count). The summed E-state index contributed by atoms with van der Waals surface area (Å²) in [7, 11) is 0. The van der Waals surface area contributed by atoms with Crippen molar-refractivity contribution in [2.75, 3.05) is 0 Å². The van der Waals surface area contributed by atoms with Gasteiger partial charge in [-0.25, -0.2) is 9.18 Å². The Morgan fingerprint density at radius 3 is 2.83 bits per heavy atom. The number of amides is 1. The fourth-order valence-corrected chi connectivity index (χ4v) is 0.826. The lowest BCUT2D eigenvalue weighted by Crippen LogP contribution is -2.16. The lowest BCUT2D eigenvalue weighted by atomic mass is 10.3. The van der Waals surface area contributed by atoms with Crippen LogP contribution in [0.2, 0.25) is 5.02 Å². The van der Waals surface area contributed by atoms with Crippen molar-refractivity contribution in [1.82, 2.24) is 0 Å². The Kier molecular flexibility index (Phi) is 2.50. The molecule has 12 heavy (non-hydrogen) atoms. The Bertz CT molecular complexity index is 316. The van der Waals surface area contributed by atoms with Crippen LogP contribution in [0.1, 0.15) is 0 Å². The maximum atomic E-state index is 12.7. The molecule has 0 spiro atoms. The summed E-state index contributed by atoms with van der Waals surface area (Å²) in [6, 6.07) is 3.59. The minimum Gasteiger partial charge on any atom is -0.407 e. The summed E-state index contributed by atoms with van der Waals surface area (Å²) in [6.07, 6.45) is -1.07. The van der Waals surface area contributed by atoms with Gasteiger partial charge >= 0.3 is 6.09 Å². The third-order valence-corrected chi connectivity index (χ3v) is 1.34. The molecule has 0 unspecified atom stereocenters. The van der Waals surface area contributed by atoms with E-state index in [1.807, 2.05) is 0 Å². The van der Waals surface area contributed by atoms with Crippen LogP contribution in [-0.2, 0) is 0 Å². The number of nitrogens with two attached hydrogens (primary N) is 1. The highest BCUT2D eigenvalue weighted by Crippen LogP contribution is 2.21. The normalized spacial score (nSPS) is 9.50. The molecular formula is C7H5ClFNO2. The molecule has 0 aliphatic carbocycles. The first-order valence-electron chi connectivity index (χ1n) is 3.02. The highest BCUT2D eigenvalue weighted by molar-refractivity contribution is 6.30. The molecule has 0 fully saturated rings. The first-order valence-corrected chi connectivity index (χ1v) is 3.40. The smallest absolute Gasteiger partial charge is 0.407 e. The number of primary amides is 1. The van der Waals surface area contributed by atoms with Gasteiger partial charge in [0, 0.05) is 11.1 Å². The molecule has 0 saturated carbocycles. The molecule has 1 aromatic rings. The second-order valence-electron chi connectivity index (χ2n) is 2.00. The van der Waals surface area contributed by atoms with Crippen molar-refractivity contribution in [3.63, 3.8) is 0 Å². The summed E-state index contributed by atoms with van der Waals surface area (Å²) in [4.78, 5) is 10.2. The molecule has 0 saturated heterocycles. The van der Waals surface area contributed by atoms with Crippen molar-refractivity contribution in [3.05, 3.63) is 29.0 Å². The van der Waals surface area contributed by atoms with Crippen molar-refractivity contribution in [1.29, 1.82) is 0 Å². The second-order valence-corrected chi connectivity index (χ2v) is 2.43. The van der Waals surface area contributed by atoms with E-state index >= 15 is 0 Å². The lowest BCUT2D eigenvalue weighted by molar-refractivity contribution is 0.208. The van der Waals surface area contributed by atoms with Crippen LogP contribution in [0.3, 0.4) is 0 Å². The van der Waals surface area contributed by atoms with Gasteiger partial charge < -0.3 is 10.5 Å². The third-order valence-electron chi connectivity index (χ3n) is 1.10. The Hall–Kier alpha value is -1.29. The molecule has 1 aromatic carbocycles. The molecular weight excluding hydrogens is 185 g/mol. The molecule has 0 bridgehead atoms. The predicted molar refractivity (Wildman–Crippen MR) is 41.6 cm³/mol. The van der Waals surface area contributed by atoms with Crippen molar-refractivity contribution < 1.29 is 13.9 Å². The topological polar surface area (TPSA) is 52.3 Å². The third kappa shape index (κ3) is 2.10. The Balaban J connectivity index is 2.97. The number of halogens is 2. The van der Waals surface area contributed by atoms with Gasteiger partial charge in [-0.15, -0.1) is 0 Å². The van der Waals surface area contributed by atoms with Crippen LogP contribution in [0.15, 0.2) is 18.2 Å². The zero-order valence-corrected chi connectivity index (χ0v) is 6.64. The summed E-state index contributed by atoms with van der Waals surface area (Å²) in [6.45, 7) is 0. The SMILES string of the molecule is NC(=O)Oc1cc(Cl)ccc1F. The maximum absolute atomic E-state index is 12.7. The van der Waals surface area contributed by atoms with Crippen LogP contribution in [-0.4, -0.2) is 6.09 Å². The minimum atomic E-state index is -1.07. The molecule has 0 aliphatic rings. The number of ether oxygens (including phenoxy) is 1. The fraction of sp³-hybridized carbons (Fsp3) is 0. The van der Waals surface area contributed by atoms with Gasteiger partial charge in [-0.3, -0.25) is 0 Å². The molecule has 1 amide bonds. The maximum Gasteiger partial charge on any atom is 0.410 e. The van der Waals surface area contributed by atoms with E-state index in [2.05, 4.69) is 10.5 Å². The molecule has 0 aliphatic heterocycles. The number of hydrogen-bond donors (Lipinski definition) is 1. The van der Waals surface area contributed by atoms with Crippen LogP contribution in [0.5, 0.6) is 5.75 Å². The first-order chi connectivity index (χ1) is 5.59. The van der Waals surface area contributed by atoms with E-state index in [4.69, 9.17) is 11.6 Å². The van der Waals surface area contributed by atoms with Gasteiger partial charge in [-0.05, 0) is 12.1 Å². The molecule has 0 aromatic heterocycles. The summed E-state index contributed by atoms with van der Waals surface area (Å²) in [5.41, 5.74) is 4.67. The van der Waals surface area contributed by atoms with Crippen LogP contribution >= 0.6 is 11.6 Å². The molecule has 0 atom stereocenters. The molecule has 3 nitrogen and oxygen atoms in total. The standard InChI is InChI=1S/C7H5ClFNO2/c8-4-1-2-5(9)6(3-4)12-7(10)11/h1-3H,(H2,10,11). The predicted octanol–water partition coefficient (Wildman–Crippen LogP) is 1.94. The van der Waals surface area contributed by atoms with E-state index in [1.54, 1.807) is 0 Å². The zero-order valence-electron chi connectivity index (χ0n) is 5.88. The number of rotatable bonds is 1. The molecule has 64 valence electrons. The number of carbonyl (C=O) groups is 1. The van der Waals surface area contributed by atoms with E-state index in [-0.39, 0.29) is 10.8 Å². The minimum absolute atomic E-state index is 0.269. The Morgan fingerprint density at radius 1 is 1.58 bits per heavy atom. The number of carbonyl (C=O) groups excluding carboxylic acids is 1. The molecule has 2 N–H and O–H groups in total. The molecule has 5 heteroatoms. The van der Waals surface area contributed by atoms with Crippen molar-refractivity contribution in [2.45, 2.75) is 0 Å². The largest absolute Gasteiger partial charge is 0.410 e.